The predicted octanol–water partition coefficient (Wildman–Crippen LogP) is 4.67. The maximum Gasteiger partial charge on any atom is 0.269 e. The Bertz CT molecular complexity index is 909. The minimum Gasteiger partial charge on any atom is -0.457 e. The second-order valence-corrected chi connectivity index (χ2v) is 5.44. The van der Waals surface area contributed by atoms with E-state index in [0.717, 1.165) is 0 Å². The lowest BCUT2D eigenvalue weighted by molar-refractivity contribution is -0.385. The van der Waals surface area contributed by atoms with Gasteiger partial charge in [0.15, 0.2) is 0 Å². The molecule has 0 atom stereocenters. The second kappa shape index (κ2) is 7.40. The number of ether oxygens (including phenoxy) is 2. The number of nitro groups is 2. The summed E-state index contributed by atoms with van der Waals surface area (Å²) < 4.78 is 11.3. The van der Waals surface area contributed by atoms with Gasteiger partial charge in [-0.25, -0.2) is 0 Å². The number of nitrogens with two attached hydrogens (primary N) is 1. The van der Waals surface area contributed by atoms with Gasteiger partial charge in [-0.15, -0.1) is 0 Å². The van der Waals surface area contributed by atoms with E-state index in [1.54, 1.807) is 18.2 Å². The van der Waals surface area contributed by atoms with Crippen molar-refractivity contribution in [2.45, 2.75) is 0 Å². The molecule has 9 heteroatoms. The van der Waals surface area contributed by atoms with Gasteiger partial charge in [0.1, 0.15) is 23.0 Å². The van der Waals surface area contributed by atoms with E-state index >= 15 is 0 Å². The van der Waals surface area contributed by atoms with Crippen LogP contribution in [-0.4, -0.2) is 9.85 Å². The van der Waals surface area contributed by atoms with Gasteiger partial charge in [-0.3, -0.25) is 20.2 Å². The minimum atomic E-state index is -0.500. The number of nitro benzene ring substituents is 2. The van der Waals surface area contributed by atoms with Crippen LogP contribution in [0.15, 0.2) is 66.7 Å². The quantitative estimate of drug-likeness (QED) is 0.380. The highest BCUT2D eigenvalue weighted by Crippen LogP contribution is 2.32. The zero-order chi connectivity index (χ0) is 19.4. The summed E-state index contributed by atoms with van der Waals surface area (Å²) in [6, 6.07) is 15.9. The Kier molecular flexibility index (Phi) is 4.84. The Morgan fingerprint density at radius 1 is 0.630 bits per heavy atom. The highest BCUT2D eigenvalue weighted by atomic mass is 16.6. The van der Waals surface area contributed by atoms with Gasteiger partial charge in [0, 0.05) is 48.2 Å². The monoisotopic (exact) mass is 367 g/mol. The Morgan fingerprint density at radius 2 is 1.00 bits per heavy atom. The van der Waals surface area contributed by atoms with E-state index in [1.807, 2.05) is 0 Å². The summed E-state index contributed by atoms with van der Waals surface area (Å²) in [5.41, 5.74) is 6.15. The molecule has 0 aromatic heterocycles. The first-order chi connectivity index (χ1) is 12.9. The molecule has 0 aliphatic heterocycles. The normalized spacial score (nSPS) is 10.2. The molecule has 0 saturated heterocycles. The first kappa shape index (κ1) is 17.7. The van der Waals surface area contributed by atoms with E-state index < -0.39 is 9.85 Å². The van der Waals surface area contributed by atoms with Crippen molar-refractivity contribution >= 4 is 17.1 Å². The van der Waals surface area contributed by atoms with Gasteiger partial charge >= 0.3 is 0 Å². The van der Waals surface area contributed by atoms with Gasteiger partial charge in [-0.05, 0) is 24.3 Å². The van der Waals surface area contributed by atoms with Crippen LogP contribution >= 0.6 is 0 Å². The molecule has 0 aliphatic rings. The third-order valence-corrected chi connectivity index (χ3v) is 3.47. The summed E-state index contributed by atoms with van der Waals surface area (Å²) in [7, 11) is 0. The van der Waals surface area contributed by atoms with Crippen LogP contribution in [0.2, 0.25) is 0 Å². The number of non-ortho nitro benzene ring substituents is 2. The molecule has 0 aliphatic carbocycles. The molecule has 0 fully saturated rings. The van der Waals surface area contributed by atoms with Crippen LogP contribution in [0.1, 0.15) is 0 Å². The van der Waals surface area contributed by atoms with Crippen molar-refractivity contribution in [3.8, 4) is 23.0 Å². The maximum atomic E-state index is 10.7. The first-order valence-corrected chi connectivity index (χ1v) is 7.66. The van der Waals surface area contributed by atoms with Gasteiger partial charge in [-0.1, -0.05) is 0 Å². The topological polar surface area (TPSA) is 131 Å². The third kappa shape index (κ3) is 4.48. The Hall–Kier alpha value is -4.14. The smallest absolute Gasteiger partial charge is 0.269 e. The summed E-state index contributed by atoms with van der Waals surface area (Å²) in [5, 5.41) is 21.4. The molecule has 0 saturated carbocycles. The Balaban J connectivity index is 1.77. The van der Waals surface area contributed by atoms with Crippen molar-refractivity contribution < 1.29 is 19.3 Å². The van der Waals surface area contributed by atoms with Crippen molar-refractivity contribution in [1.82, 2.24) is 0 Å². The van der Waals surface area contributed by atoms with Crippen molar-refractivity contribution in [3.63, 3.8) is 0 Å². The highest BCUT2D eigenvalue weighted by Gasteiger charge is 2.09. The number of anilines is 1. The molecular formula is C18H13N3O6. The highest BCUT2D eigenvalue weighted by molar-refractivity contribution is 5.53. The van der Waals surface area contributed by atoms with Gasteiger partial charge < -0.3 is 15.2 Å². The summed E-state index contributed by atoms with van der Waals surface area (Å²) in [6.45, 7) is 0. The summed E-state index contributed by atoms with van der Waals surface area (Å²) >= 11 is 0. The molecule has 9 nitrogen and oxygen atoms in total. The van der Waals surface area contributed by atoms with Crippen LogP contribution in [0.25, 0.3) is 0 Å². The molecule has 3 rings (SSSR count). The number of nitrogen functional groups attached to an aromatic ring is 1. The van der Waals surface area contributed by atoms with Crippen molar-refractivity contribution in [3.05, 3.63) is 87.0 Å². The lowest BCUT2D eigenvalue weighted by atomic mass is 10.2. The van der Waals surface area contributed by atoms with Crippen molar-refractivity contribution in [2.75, 3.05) is 5.73 Å². The van der Waals surface area contributed by atoms with E-state index in [2.05, 4.69) is 0 Å². The number of hydrogen-bond acceptors (Lipinski definition) is 7. The van der Waals surface area contributed by atoms with Crippen LogP contribution in [0.4, 0.5) is 17.1 Å². The molecule has 136 valence electrons. The summed E-state index contributed by atoms with van der Waals surface area (Å²) in [6.07, 6.45) is 0. The van der Waals surface area contributed by atoms with Crippen molar-refractivity contribution in [1.29, 1.82) is 0 Å². The average Bonchev–Trinajstić information content (AvgIpc) is 2.62. The van der Waals surface area contributed by atoms with E-state index in [-0.39, 0.29) is 11.4 Å². The fourth-order valence-electron chi connectivity index (χ4n) is 2.26. The Labute approximate surface area is 152 Å². The van der Waals surface area contributed by atoms with E-state index in [4.69, 9.17) is 15.2 Å². The number of benzene rings is 3. The van der Waals surface area contributed by atoms with E-state index in [9.17, 15) is 20.2 Å². The van der Waals surface area contributed by atoms with Crippen molar-refractivity contribution in [2.24, 2.45) is 0 Å². The SMILES string of the molecule is Nc1cc(Oc2ccc([N+](=O)[O-])cc2)cc(Oc2ccc([N+](=O)[O-])cc2)c1. The van der Waals surface area contributed by atoms with Gasteiger partial charge in [0.25, 0.3) is 11.4 Å². The molecule has 0 bridgehead atoms. The summed E-state index contributed by atoms with van der Waals surface area (Å²) in [4.78, 5) is 20.4. The first-order valence-electron chi connectivity index (χ1n) is 7.66. The molecule has 0 heterocycles. The largest absolute Gasteiger partial charge is 0.457 e. The van der Waals surface area contributed by atoms with Crippen LogP contribution in [-0.2, 0) is 0 Å². The summed E-state index contributed by atoms with van der Waals surface area (Å²) in [5.74, 6) is 1.54. The average molecular weight is 367 g/mol. The maximum absolute atomic E-state index is 10.7. The van der Waals surface area contributed by atoms with E-state index in [0.29, 0.717) is 28.7 Å². The lowest BCUT2D eigenvalue weighted by Gasteiger charge is -2.10. The zero-order valence-corrected chi connectivity index (χ0v) is 13.8. The zero-order valence-electron chi connectivity index (χ0n) is 13.8. The lowest BCUT2D eigenvalue weighted by Crippen LogP contribution is -1.92. The van der Waals surface area contributed by atoms with E-state index in [1.165, 1.54) is 48.5 Å². The van der Waals surface area contributed by atoms with Crippen LogP contribution in [0.5, 0.6) is 23.0 Å². The fraction of sp³-hybridized carbons (Fsp3) is 0. The predicted molar refractivity (Wildman–Crippen MR) is 97.2 cm³/mol. The molecule has 0 unspecified atom stereocenters. The second-order valence-electron chi connectivity index (χ2n) is 5.44. The number of hydrogen-bond donors (Lipinski definition) is 1. The standard InChI is InChI=1S/C18H13N3O6/c19-12-9-17(26-15-5-1-13(2-6-15)20(22)23)11-18(10-12)27-16-7-3-14(4-8-16)21(24)25/h1-11H,19H2. The van der Waals surface area contributed by atoms with Gasteiger partial charge in [0.2, 0.25) is 0 Å². The van der Waals surface area contributed by atoms with Crippen LogP contribution < -0.4 is 15.2 Å². The van der Waals surface area contributed by atoms with Gasteiger partial charge in [-0.2, -0.15) is 0 Å². The molecule has 3 aromatic carbocycles. The molecule has 2 N–H and O–H groups in total. The number of nitrogens with zero attached hydrogens (tertiary/aromatic N) is 2. The molecule has 0 radical (unpaired) electrons. The molecule has 3 aromatic rings. The Morgan fingerprint density at radius 3 is 1.33 bits per heavy atom. The third-order valence-electron chi connectivity index (χ3n) is 3.47. The fourth-order valence-corrected chi connectivity index (χ4v) is 2.26. The molecule has 27 heavy (non-hydrogen) atoms. The molecule has 0 amide bonds. The molecule has 0 spiro atoms. The minimum absolute atomic E-state index is 0.0443. The van der Waals surface area contributed by atoms with Crippen LogP contribution in [0.3, 0.4) is 0 Å². The van der Waals surface area contributed by atoms with Gasteiger partial charge in [0.05, 0.1) is 9.85 Å². The van der Waals surface area contributed by atoms with Crippen LogP contribution in [0, 0.1) is 20.2 Å². The molecular weight excluding hydrogens is 354 g/mol. The number of rotatable bonds is 6.